The Morgan fingerprint density at radius 1 is 1.19 bits per heavy atom. The van der Waals surface area contributed by atoms with Crippen LogP contribution in [0.2, 0.25) is 5.02 Å². The predicted molar refractivity (Wildman–Crippen MR) is 99.5 cm³/mol. The first kappa shape index (κ1) is 18.8. The molecule has 0 aliphatic carbocycles. The Hall–Kier alpha value is -2.99. The highest BCUT2D eigenvalue weighted by Gasteiger charge is 2.19. The fraction of sp³-hybridized carbons (Fsp3) is 0.200. The second-order valence-electron chi connectivity index (χ2n) is 5.74. The van der Waals surface area contributed by atoms with Crippen LogP contribution in [0.25, 0.3) is 6.08 Å². The van der Waals surface area contributed by atoms with Crippen LogP contribution in [0.15, 0.2) is 42.5 Å². The van der Waals surface area contributed by atoms with Crippen molar-refractivity contribution >= 4 is 29.4 Å². The van der Waals surface area contributed by atoms with E-state index in [0.717, 1.165) is 0 Å². The van der Waals surface area contributed by atoms with E-state index < -0.39 is 12.1 Å². The van der Waals surface area contributed by atoms with E-state index in [9.17, 15) is 9.59 Å². The van der Waals surface area contributed by atoms with Crippen molar-refractivity contribution in [3.8, 4) is 17.2 Å². The number of ketones is 1. The molecular formula is C20H17ClO6. The van der Waals surface area contributed by atoms with E-state index in [2.05, 4.69) is 0 Å². The molecule has 0 fully saturated rings. The Morgan fingerprint density at radius 3 is 2.63 bits per heavy atom. The number of methoxy groups -OCH3 is 1. The van der Waals surface area contributed by atoms with Crippen molar-refractivity contribution in [1.29, 1.82) is 0 Å². The first-order valence-electron chi connectivity index (χ1n) is 8.14. The number of esters is 1. The van der Waals surface area contributed by atoms with Crippen molar-refractivity contribution < 1.29 is 28.5 Å². The zero-order valence-electron chi connectivity index (χ0n) is 14.7. The van der Waals surface area contributed by atoms with Gasteiger partial charge in [0, 0.05) is 11.6 Å². The van der Waals surface area contributed by atoms with E-state index in [1.807, 2.05) is 0 Å². The Balaban J connectivity index is 1.62. The van der Waals surface area contributed by atoms with Gasteiger partial charge in [0.1, 0.15) is 5.75 Å². The van der Waals surface area contributed by atoms with Crippen molar-refractivity contribution in [3.05, 3.63) is 58.6 Å². The summed E-state index contributed by atoms with van der Waals surface area (Å²) in [6.07, 6.45) is 1.84. The minimum atomic E-state index is -0.920. The summed E-state index contributed by atoms with van der Waals surface area (Å²) < 4.78 is 20.7. The number of carbonyl (C=O) groups excluding carboxylic acids is 2. The summed E-state index contributed by atoms with van der Waals surface area (Å²) >= 11 is 6.10. The van der Waals surface area contributed by atoms with Gasteiger partial charge in [-0.15, -0.1) is 0 Å². The highest BCUT2D eigenvalue weighted by molar-refractivity contribution is 6.32. The van der Waals surface area contributed by atoms with E-state index in [-0.39, 0.29) is 12.6 Å². The lowest BCUT2D eigenvalue weighted by Gasteiger charge is -2.11. The molecule has 27 heavy (non-hydrogen) atoms. The molecule has 1 aliphatic rings. The summed E-state index contributed by atoms with van der Waals surface area (Å²) in [5.74, 6) is 0.693. The zero-order valence-corrected chi connectivity index (χ0v) is 15.5. The number of rotatable bonds is 6. The van der Waals surface area contributed by atoms with E-state index in [4.69, 9.17) is 30.5 Å². The predicted octanol–water partition coefficient (Wildman–Crippen LogP) is 3.91. The second kappa shape index (κ2) is 8.14. The molecule has 0 saturated carbocycles. The summed E-state index contributed by atoms with van der Waals surface area (Å²) in [7, 11) is 1.54. The topological polar surface area (TPSA) is 71.1 Å². The first-order chi connectivity index (χ1) is 13.0. The first-order valence-corrected chi connectivity index (χ1v) is 8.52. The Bertz CT molecular complexity index is 888. The minimum Gasteiger partial charge on any atom is -0.497 e. The molecule has 1 aliphatic heterocycles. The molecule has 2 aromatic rings. The lowest BCUT2D eigenvalue weighted by atomic mass is 10.1. The van der Waals surface area contributed by atoms with Crippen LogP contribution in [0.3, 0.4) is 0 Å². The van der Waals surface area contributed by atoms with E-state index in [0.29, 0.717) is 33.4 Å². The van der Waals surface area contributed by atoms with E-state index in [1.165, 1.54) is 19.1 Å². The zero-order chi connectivity index (χ0) is 19.4. The number of hydrogen-bond donors (Lipinski definition) is 0. The smallest absolute Gasteiger partial charge is 0.331 e. The summed E-state index contributed by atoms with van der Waals surface area (Å²) in [6.45, 7) is 1.63. The monoisotopic (exact) mass is 388 g/mol. The fourth-order valence-corrected chi connectivity index (χ4v) is 2.78. The molecule has 0 aromatic heterocycles. The van der Waals surface area contributed by atoms with Gasteiger partial charge >= 0.3 is 5.97 Å². The van der Waals surface area contributed by atoms with Crippen molar-refractivity contribution in [1.82, 2.24) is 0 Å². The van der Waals surface area contributed by atoms with Crippen LogP contribution in [0, 0.1) is 0 Å². The number of hydrogen-bond acceptors (Lipinski definition) is 6. The van der Waals surface area contributed by atoms with Crippen molar-refractivity contribution in [3.63, 3.8) is 0 Å². The third-order valence-corrected chi connectivity index (χ3v) is 4.18. The number of ether oxygens (including phenoxy) is 4. The van der Waals surface area contributed by atoms with Gasteiger partial charge in [-0.05, 0) is 55.0 Å². The van der Waals surface area contributed by atoms with Crippen LogP contribution in [-0.4, -0.2) is 31.8 Å². The van der Waals surface area contributed by atoms with Crippen molar-refractivity contribution in [2.24, 2.45) is 0 Å². The number of fused-ring (bicyclic) bond motifs is 1. The molecule has 0 amide bonds. The van der Waals surface area contributed by atoms with Crippen LogP contribution in [0.4, 0.5) is 0 Å². The van der Waals surface area contributed by atoms with E-state index in [1.54, 1.807) is 43.5 Å². The number of benzene rings is 2. The van der Waals surface area contributed by atoms with Gasteiger partial charge < -0.3 is 18.9 Å². The van der Waals surface area contributed by atoms with Gasteiger partial charge in [-0.3, -0.25) is 4.79 Å². The quantitative estimate of drug-likeness (QED) is 0.424. The Kier molecular flexibility index (Phi) is 5.66. The maximum Gasteiger partial charge on any atom is 0.331 e. The molecule has 2 aromatic carbocycles. The van der Waals surface area contributed by atoms with Crippen LogP contribution < -0.4 is 14.2 Å². The molecule has 1 atom stereocenters. The molecule has 0 saturated heterocycles. The molecule has 140 valence electrons. The van der Waals surface area contributed by atoms with E-state index >= 15 is 0 Å². The maximum atomic E-state index is 12.3. The van der Waals surface area contributed by atoms with Crippen molar-refractivity contribution in [2.75, 3.05) is 13.9 Å². The van der Waals surface area contributed by atoms with Gasteiger partial charge in [-0.25, -0.2) is 4.79 Å². The van der Waals surface area contributed by atoms with Gasteiger partial charge in [0.05, 0.1) is 12.1 Å². The molecule has 0 N–H and O–H groups in total. The van der Waals surface area contributed by atoms with Gasteiger partial charge in [-0.1, -0.05) is 11.6 Å². The van der Waals surface area contributed by atoms with Crippen LogP contribution in [0.1, 0.15) is 22.8 Å². The molecular weight excluding hydrogens is 372 g/mol. The normalized spacial score (nSPS) is 13.4. The standard InChI is InChI=1S/C20H17ClO6/c1-12(19(23)14-4-6-15(24-2)7-5-14)27-18(22)8-3-13-9-16(21)20-17(10-13)25-11-26-20/h3-10,12H,11H2,1-2H3/b8-3+/t12-/m1/s1. The van der Waals surface area contributed by atoms with Gasteiger partial charge in [0.25, 0.3) is 0 Å². The van der Waals surface area contributed by atoms with Gasteiger partial charge in [-0.2, -0.15) is 0 Å². The lowest BCUT2D eigenvalue weighted by Crippen LogP contribution is -2.23. The van der Waals surface area contributed by atoms with Gasteiger partial charge in [0.15, 0.2) is 17.6 Å². The summed E-state index contributed by atoms with van der Waals surface area (Å²) in [5, 5.41) is 0.390. The number of carbonyl (C=O) groups is 2. The summed E-state index contributed by atoms with van der Waals surface area (Å²) in [6, 6.07) is 9.93. The van der Waals surface area contributed by atoms with Gasteiger partial charge in [0.2, 0.25) is 12.6 Å². The largest absolute Gasteiger partial charge is 0.497 e. The number of Topliss-reactive ketones (excluding diaryl/α,β-unsaturated/α-hetero) is 1. The second-order valence-corrected chi connectivity index (χ2v) is 6.15. The van der Waals surface area contributed by atoms with Crippen LogP contribution >= 0.6 is 11.6 Å². The molecule has 0 spiro atoms. The molecule has 0 radical (unpaired) electrons. The fourth-order valence-electron chi connectivity index (χ4n) is 2.50. The molecule has 3 rings (SSSR count). The van der Waals surface area contributed by atoms with Crippen molar-refractivity contribution in [2.45, 2.75) is 13.0 Å². The highest BCUT2D eigenvalue weighted by Crippen LogP contribution is 2.40. The molecule has 0 unspecified atom stereocenters. The number of halogens is 1. The average Bonchev–Trinajstić information content (AvgIpc) is 3.15. The molecule has 7 heteroatoms. The molecule has 0 bridgehead atoms. The SMILES string of the molecule is COc1ccc(C(=O)[C@@H](C)OC(=O)/C=C/c2cc(Cl)c3c(c2)OCO3)cc1. The van der Waals surface area contributed by atoms with Crippen LogP contribution in [0.5, 0.6) is 17.2 Å². The Labute approximate surface area is 161 Å². The maximum absolute atomic E-state index is 12.3. The third kappa shape index (κ3) is 4.41. The average molecular weight is 389 g/mol. The lowest BCUT2D eigenvalue weighted by molar-refractivity contribution is -0.140. The minimum absolute atomic E-state index is 0.106. The highest BCUT2D eigenvalue weighted by atomic mass is 35.5. The molecule has 6 nitrogen and oxygen atoms in total. The van der Waals surface area contributed by atoms with Crippen LogP contribution in [-0.2, 0) is 9.53 Å². The third-order valence-electron chi connectivity index (χ3n) is 3.90. The summed E-state index contributed by atoms with van der Waals surface area (Å²) in [4.78, 5) is 24.3. The Morgan fingerprint density at radius 2 is 1.93 bits per heavy atom. The summed E-state index contributed by atoms with van der Waals surface area (Å²) in [5.41, 5.74) is 1.08. The molecule has 1 heterocycles.